The average molecular weight is 296 g/mol. The molecule has 0 atom stereocenters. The molecular formula is C15H16N6O. The normalized spacial score (nSPS) is 10.6. The summed E-state index contributed by atoms with van der Waals surface area (Å²) < 4.78 is 5.37. The molecule has 2 N–H and O–H groups in total. The Morgan fingerprint density at radius 2 is 2.05 bits per heavy atom. The van der Waals surface area contributed by atoms with Gasteiger partial charge in [0.25, 0.3) is 0 Å². The van der Waals surface area contributed by atoms with Gasteiger partial charge in [-0.25, -0.2) is 4.98 Å². The summed E-state index contributed by atoms with van der Waals surface area (Å²) >= 11 is 0. The van der Waals surface area contributed by atoms with Gasteiger partial charge in [-0.2, -0.15) is 4.98 Å². The molecule has 3 heterocycles. The maximum atomic E-state index is 5.81. The van der Waals surface area contributed by atoms with E-state index in [1.165, 1.54) is 0 Å². The Hall–Kier alpha value is -2.96. The van der Waals surface area contributed by atoms with Crippen LogP contribution in [-0.2, 0) is 6.54 Å². The third kappa shape index (κ3) is 2.88. The van der Waals surface area contributed by atoms with Crippen molar-refractivity contribution in [3.8, 4) is 11.3 Å². The lowest BCUT2D eigenvalue weighted by Crippen LogP contribution is -2.19. The Bertz CT molecular complexity index is 771. The molecule has 0 aliphatic heterocycles. The maximum Gasteiger partial charge on any atom is 0.227 e. The molecule has 0 aliphatic carbocycles. The molecule has 0 fully saturated rings. The largest absolute Gasteiger partial charge is 0.383 e. The van der Waals surface area contributed by atoms with Crippen molar-refractivity contribution in [2.75, 3.05) is 17.7 Å². The number of pyridine rings is 1. The summed E-state index contributed by atoms with van der Waals surface area (Å²) in [5, 5.41) is 4.07. The van der Waals surface area contributed by atoms with Crippen LogP contribution in [0.4, 0.5) is 11.8 Å². The van der Waals surface area contributed by atoms with E-state index in [2.05, 4.69) is 20.1 Å². The van der Waals surface area contributed by atoms with Gasteiger partial charge in [0.05, 0.1) is 6.54 Å². The molecule has 0 radical (unpaired) electrons. The van der Waals surface area contributed by atoms with E-state index in [0.29, 0.717) is 18.3 Å². The molecule has 7 nitrogen and oxygen atoms in total. The van der Waals surface area contributed by atoms with E-state index >= 15 is 0 Å². The van der Waals surface area contributed by atoms with Crippen molar-refractivity contribution in [3.63, 3.8) is 0 Å². The van der Waals surface area contributed by atoms with Crippen LogP contribution in [0.1, 0.15) is 11.3 Å². The average Bonchev–Trinajstić information content (AvgIpc) is 2.99. The summed E-state index contributed by atoms with van der Waals surface area (Å²) in [7, 11) is 1.87. The van der Waals surface area contributed by atoms with Crippen LogP contribution in [0.2, 0.25) is 0 Å². The van der Waals surface area contributed by atoms with Crippen molar-refractivity contribution >= 4 is 11.8 Å². The summed E-state index contributed by atoms with van der Waals surface area (Å²) in [5.74, 6) is 1.74. The second kappa shape index (κ2) is 5.80. The minimum absolute atomic E-state index is 0.479. The third-order valence-corrected chi connectivity index (χ3v) is 3.27. The lowest BCUT2D eigenvalue weighted by Gasteiger charge is -2.15. The van der Waals surface area contributed by atoms with Crippen LogP contribution >= 0.6 is 0 Å². The Balaban J connectivity index is 1.76. The van der Waals surface area contributed by atoms with Crippen molar-refractivity contribution in [2.45, 2.75) is 13.5 Å². The van der Waals surface area contributed by atoms with Crippen molar-refractivity contribution < 1.29 is 4.52 Å². The molecule has 0 bridgehead atoms. The molecule has 0 saturated heterocycles. The van der Waals surface area contributed by atoms with Gasteiger partial charge in [0, 0.05) is 42.8 Å². The molecule has 7 heteroatoms. The van der Waals surface area contributed by atoms with Gasteiger partial charge in [-0.3, -0.25) is 4.98 Å². The van der Waals surface area contributed by atoms with Crippen LogP contribution in [0.3, 0.4) is 0 Å². The van der Waals surface area contributed by atoms with Gasteiger partial charge in [-0.1, -0.05) is 5.16 Å². The van der Waals surface area contributed by atoms with Crippen LogP contribution in [0.25, 0.3) is 11.3 Å². The van der Waals surface area contributed by atoms with Crippen LogP contribution in [0.5, 0.6) is 0 Å². The molecule has 0 aliphatic rings. The van der Waals surface area contributed by atoms with Crippen LogP contribution < -0.4 is 10.6 Å². The van der Waals surface area contributed by atoms with Gasteiger partial charge < -0.3 is 15.2 Å². The highest BCUT2D eigenvalue weighted by Crippen LogP contribution is 2.20. The number of aromatic nitrogens is 4. The van der Waals surface area contributed by atoms with Crippen molar-refractivity contribution in [2.24, 2.45) is 0 Å². The summed E-state index contributed by atoms with van der Waals surface area (Å²) in [6.07, 6.45) is 5.15. The molecule has 22 heavy (non-hydrogen) atoms. The fourth-order valence-electron chi connectivity index (χ4n) is 1.98. The maximum absolute atomic E-state index is 5.81. The van der Waals surface area contributed by atoms with Gasteiger partial charge in [0.2, 0.25) is 5.95 Å². The fourth-order valence-corrected chi connectivity index (χ4v) is 1.98. The second-order valence-electron chi connectivity index (χ2n) is 5.01. The lowest BCUT2D eigenvalue weighted by atomic mass is 10.2. The Morgan fingerprint density at radius 1 is 1.27 bits per heavy atom. The number of nitrogen functional groups attached to an aromatic ring is 1. The predicted octanol–water partition coefficient (Wildman–Crippen LogP) is 2.05. The summed E-state index contributed by atoms with van der Waals surface area (Å²) in [6.45, 7) is 2.37. The molecule has 0 amide bonds. The first kappa shape index (κ1) is 14.0. The number of aryl methyl sites for hydroxylation is 1. The molecular weight excluding hydrogens is 280 g/mol. The number of rotatable bonds is 4. The van der Waals surface area contributed by atoms with Crippen molar-refractivity contribution in [1.29, 1.82) is 0 Å². The standard InChI is InChI=1S/C15H16N6O/c1-10-8-18-15(19-14(10)16)21(2)9-12-7-13(20-22-12)11-3-5-17-6-4-11/h3-8H,9H2,1-2H3,(H2,16,18,19). The van der Waals surface area contributed by atoms with Crippen LogP contribution in [-0.4, -0.2) is 27.2 Å². The van der Waals surface area contributed by atoms with Gasteiger partial charge in [0.1, 0.15) is 11.5 Å². The Labute approximate surface area is 127 Å². The SMILES string of the molecule is Cc1cnc(N(C)Cc2cc(-c3ccncc3)no2)nc1N. The summed E-state index contributed by atoms with van der Waals surface area (Å²) in [6, 6.07) is 5.66. The first-order valence-corrected chi connectivity index (χ1v) is 6.80. The monoisotopic (exact) mass is 296 g/mol. The number of hydrogen-bond acceptors (Lipinski definition) is 7. The highest BCUT2D eigenvalue weighted by atomic mass is 16.5. The van der Waals surface area contributed by atoms with E-state index in [0.717, 1.165) is 22.6 Å². The van der Waals surface area contributed by atoms with Crippen molar-refractivity contribution in [3.05, 3.63) is 48.1 Å². The molecule has 0 aromatic carbocycles. The molecule has 3 aromatic rings. The molecule has 0 unspecified atom stereocenters. The number of hydrogen-bond donors (Lipinski definition) is 1. The predicted molar refractivity (Wildman–Crippen MR) is 83.0 cm³/mol. The van der Waals surface area contributed by atoms with E-state index in [1.54, 1.807) is 18.6 Å². The molecule has 0 saturated carbocycles. The van der Waals surface area contributed by atoms with Gasteiger partial charge in [-0.15, -0.1) is 0 Å². The van der Waals surface area contributed by atoms with E-state index < -0.39 is 0 Å². The van der Waals surface area contributed by atoms with Crippen LogP contribution in [0, 0.1) is 6.92 Å². The minimum Gasteiger partial charge on any atom is -0.383 e. The molecule has 0 spiro atoms. The molecule has 3 rings (SSSR count). The zero-order valence-corrected chi connectivity index (χ0v) is 12.4. The van der Waals surface area contributed by atoms with Crippen LogP contribution in [0.15, 0.2) is 41.3 Å². The topological polar surface area (TPSA) is 94.0 Å². The molecule has 3 aromatic heterocycles. The van der Waals surface area contributed by atoms with Crippen molar-refractivity contribution in [1.82, 2.24) is 20.1 Å². The number of nitrogens with two attached hydrogens (primary N) is 1. The van der Waals surface area contributed by atoms with Gasteiger partial charge in [0.15, 0.2) is 5.76 Å². The van der Waals surface area contributed by atoms with E-state index in [9.17, 15) is 0 Å². The minimum atomic E-state index is 0.479. The van der Waals surface area contributed by atoms with E-state index in [4.69, 9.17) is 10.3 Å². The number of anilines is 2. The zero-order chi connectivity index (χ0) is 15.5. The fraction of sp³-hybridized carbons (Fsp3) is 0.200. The third-order valence-electron chi connectivity index (χ3n) is 3.27. The summed E-state index contributed by atoms with van der Waals surface area (Å²) in [5.41, 5.74) is 8.41. The summed E-state index contributed by atoms with van der Waals surface area (Å²) in [4.78, 5) is 14.4. The van der Waals surface area contributed by atoms with E-state index in [-0.39, 0.29) is 0 Å². The van der Waals surface area contributed by atoms with Gasteiger partial charge >= 0.3 is 0 Å². The highest BCUT2D eigenvalue weighted by Gasteiger charge is 2.12. The smallest absolute Gasteiger partial charge is 0.227 e. The van der Waals surface area contributed by atoms with E-state index in [1.807, 2.05) is 37.1 Å². The first-order chi connectivity index (χ1) is 10.6. The second-order valence-corrected chi connectivity index (χ2v) is 5.01. The highest BCUT2D eigenvalue weighted by molar-refractivity contribution is 5.57. The Morgan fingerprint density at radius 3 is 2.77 bits per heavy atom. The zero-order valence-electron chi connectivity index (χ0n) is 12.4. The lowest BCUT2D eigenvalue weighted by molar-refractivity contribution is 0.384. The quantitative estimate of drug-likeness (QED) is 0.787. The first-order valence-electron chi connectivity index (χ1n) is 6.80. The number of nitrogens with zero attached hydrogens (tertiary/aromatic N) is 5. The van der Waals surface area contributed by atoms with Gasteiger partial charge in [-0.05, 0) is 19.1 Å². The molecule has 112 valence electrons. The Kier molecular flexibility index (Phi) is 3.69.